The van der Waals surface area contributed by atoms with E-state index in [1.807, 2.05) is 30.5 Å². The first-order valence-electron chi connectivity index (χ1n) is 11.0. The Kier molecular flexibility index (Phi) is 5.31. The van der Waals surface area contributed by atoms with Crippen LogP contribution in [0.25, 0.3) is 10.9 Å². The minimum absolute atomic E-state index is 0.00749. The van der Waals surface area contributed by atoms with Crippen molar-refractivity contribution in [1.82, 2.24) is 25.0 Å². The summed E-state index contributed by atoms with van der Waals surface area (Å²) in [5.41, 5.74) is 5.47. The Morgan fingerprint density at radius 2 is 2.30 bits per heavy atom. The second-order valence-corrected chi connectivity index (χ2v) is 8.28. The van der Waals surface area contributed by atoms with Crippen LogP contribution in [0.4, 0.5) is 0 Å². The summed E-state index contributed by atoms with van der Waals surface area (Å²) in [6.07, 6.45) is 4.91. The van der Waals surface area contributed by atoms with Crippen molar-refractivity contribution in [3.8, 4) is 0 Å². The van der Waals surface area contributed by atoms with Gasteiger partial charge in [0.05, 0.1) is 18.9 Å². The summed E-state index contributed by atoms with van der Waals surface area (Å²) in [6, 6.07) is 7.94. The highest BCUT2D eigenvalue weighted by atomic mass is 16.5. The summed E-state index contributed by atoms with van der Waals surface area (Å²) in [5, 5.41) is 9.11. The maximum atomic E-state index is 12.9. The van der Waals surface area contributed by atoms with Crippen LogP contribution < -0.4 is 5.32 Å². The molecule has 2 aliphatic heterocycles. The van der Waals surface area contributed by atoms with Gasteiger partial charge in [-0.2, -0.15) is 5.10 Å². The number of likely N-dealkylation sites (tertiary alicyclic amines) is 1. The molecule has 1 unspecified atom stereocenters. The number of nitrogens with zero attached hydrogens (tertiary/aromatic N) is 3. The second-order valence-electron chi connectivity index (χ2n) is 8.28. The minimum atomic E-state index is 0.00749. The maximum absolute atomic E-state index is 12.9. The first-order valence-corrected chi connectivity index (χ1v) is 11.0. The zero-order valence-electron chi connectivity index (χ0n) is 17.5. The molecule has 2 aliphatic rings. The van der Waals surface area contributed by atoms with Crippen LogP contribution in [0, 0.1) is 0 Å². The lowest BCUT2D eigenvalue weighted by Gasteiger charge is -2.33. The minimum Gasteiger partial charge on any atom is -0.376 e. The number of benzene rings is 1. The summed E-state index contributed by atoms with van der Waals surface area (Å²) in [5.74, 6) is 0.00749. The molecule has 0 bridgehead atoms. The number of aromatic nitrogens is 3. The fraction of sp³-hybridized carbons (Fsp3) is 0.478. The van der Waals surface area contributed by atoms with Crippen molar-refractivity contribution in [2.75, 3.05) is 19.7 Å². The van der Waals surface area contributed by atoms with Crippen molar-refractivity contribution in [2.24, 2.45) is 0 Å². The maximum Gasteiger partial charge on any atom is 0.252 e. The van der Waals surface area contributed by atoms with Crippen LogP contribution in [0.2, 0.25) is 0 Å². The van der Waals surface area contributed by atoms with Gasteiger partial charge in [-0.15, -0.1) is 0 Å². The van der Waals surface area contributed by atoms with E-state index in [9.17, 15) is 4.79 Å². The zero-order chi connectivity index (χ0) is 20.5. The van der Waals surface area contributed by atoms with E-state index in [1.54, 1.807) is 0 Å². The van der Waals surface area contributed by atoms with E-state index in [2.05, 4.69) is 26.8 Å². The highest BCUT2D eigenvalue weighted by molar-refractivity contribution is 6.06. The number of nitrogens with one attached hydrogen (secondary N) is 2. The molecule has 7 nitrogen and oxygen atoms in total. The molecule has 4 heterocycles. The molecule has 1 fully saturated rings. The Balaban J connectivity index is 1.27. The Hall–Kier alpha value is -2.64. The van der Waals surface area contributed by atoms with Crippen molar-refractivity contribution < 1.29 is 9.53 Å². The lowest BCUT2D eigenvalue weighted by Crippen LogP contribution is -2.47. The lowest BCUT2D eigenvalue weighted by molar-refractivity contribution is 0.0900. The third-order valence-electron chi connectivity index (χ3n) is 6.33. The van der Waals surface area contributed by atoms with E-state index in [0.717, 1.165) is 74.2 Å². The molecule has 3 aromatic rings. The number of hydrogen-bond donors (Lipinski definition) is 2. The van der Waals surface area contributed by atoms with Gasteiger partial charge in [0.25, 0.3) is 5.91 Å². The molecule has 5 rings (SSSR count). The van der Waals surface area contributed by atoms with Crippen LogP contribution in [0.3, 0.4) is 0 Å². The van der Waals surface area contributed by atoms with Crippen LogP contribution in [0.5, 0.6) is 0 Å². The van der Waals surface area contributed by atoms with E-state index < -0.39 is 0 Å². The summed E-state index contributed by atoms with van der Waals surface area (Å²) < 4.78 is 7.84. The number of piperidine rings is 1. The average Bonchev–Trinajstić information content (AvgIpc) is 3.39. The Morgan fingerprint density at radius 1 is 1.37 bits per heavy atom. The van der Waals surface area contributed by atoms with Gasteiger partial charge < -0.3 is 15.0 Å². The number of fused-ring (bicyclic) bond motifs is 2. The monoisotopic (exact) mass is 407 g/mol. The number of ether oxygens (including phenoxy) is 1. The largest absolute Gasteiger partial charge is 0.376 e. The van der Waals surface area contributed by atoms with Gasteiger partial charge in [0, 0.05) is 66.0 Å². The number of amides is 1. The highest BCUT2D eigenvalue weighted by Crippen LogP contribution is 2.24. The number of carbonyl (C=O) groups is 1. The first kappa shape index (κ1) is 19.3. The summed E-state index contributed by atoms with van der Waals surface area (Å²) in [7, 11) is 0. The van der Waals surface area contributed by atoms with Gasteiger partial charge in [0.1, 0.15) is 0 Å². The van der Waals surface area contributed by atoms with Crippen molar-refractivity contribution >= 4 is 16.8 Å². The van der Waals surface area contributed by atoms with Crippen LogP contribution in [0.1, 0.15) is 47.1 Å². The van der Waals surface area contributed by atoms with E-state index in [4.69, 9.17) is 9.84 Å². The van der Waals surface area contributed by atoms with E-state index in [1.165, 1.54) is 11.3 Å². The fourth-order valence-electron chi connectivity index (χ4n) is 4.84. The number of hydrogen-bond acceptors (Lipinski definition) is 4. The Labute approximate surface area is 176 Å². The van der Waals surface area contributed by atoms with Gasteiger partial charge in [-0.25, -0.2) is 0 Å². The molecule has 0 spiro atoms. The summed E-state index contributed by atoms with van der Waals surface area (Å²) in [4.78, 5) is 18.5. The number of H-pyrrole nitrogens is 1. The van der Waals surface area contributed by atoms with Crippen molar-refractivity contribution in [2.45, 2.75) is 51.9 Å². The van der Waals surface area contributed by atoms with Gasteiger partial charge in [-0.05, 0) is 44.5 Å². The lowest BCUT2D eigenvalue weighted by atomic mass is 10.0. The second kappa shape index (κ2) is 8.24. The predicted molar refractivity (Wildman–Crippen MR) is 115 cm³/mol. The van der Waals surface area contributed by atoms with Gasteiger partial charge in [-0.3, -0.25) is 14.4 Å². The average molecular weight is 408 g/mol. The van der Waals surface area contributed by atoms with Gasteiger partial charge in [0.2, 0.25) is 0 Å². The highest BCUT2D eigenvalue weighted by Gasteiger charge is 2.26. The zero-order valence-corrected chi connectivity index (χ0v) is 17.5. The molecular formula is C23H29N5O2. The van der Waals surface area contributed by atoms with E-state index >= 15 is 0 Å². The van der Waals surface area contributed by atoms with Crippen LogP contribution in [-0.4, -0.2) is 51.3 Å². The summed E-state index contributed by atoms with van der Waals surface area (Å²) in [6.45, 7) is 7.19. The standard InChI is InChI=1S/C23H29N5O2/c1-2-28-22-9-12-30-15-19(22)21(26-28)14-27-11-4-5-16(13-27)25-23(29)18-6-3-7-20-17(18)8-10-24-20/h3,6-8,10,16,24H,2,4-5,9,11-15H2,1H3,(H,25,29). The number of rotatable bonds is 5. The molecule has 1 atom stereocenters. The van der Waals surface area contributed by atoms with Crippen LogP contribution in [0.15, 0.2) is 30.5 Å². The van der Waals surface area contributed by atoms with Gasteiger partial charge in [0.15, 0.2) is 0 Å². The molecule has 30 heavy (non-hydrogen) atoms. The molecule has 7 heteroatoms. The quantitative estimate of drug-likeness (QED) is 0.682. The van der Waals surface area contributed by atoms with Gasteiger partial charge in [-0.1, -0.05) is 6.07 Å². The molecule has 1 saturated heterocycles. The molecule has 1 aromatic carbocycles. The normalized spacial score (nSPS) is 19.7. The molecule has 0 aliphatic carbocycles. The number of aryl methyl sites for hydroxylation is 1. The molecule has 0 radical (unpaired) electrons. The van der Waals surface area contributed by atoms with Crippen molar-refractivity contribution in [3.05, 3.63) is 53.0 Å². The number of aromatic amines is 1. The van der Waals surface area contributed by atoms with Gasteiger partial charge >= 0.3 is 0 Å². The third kappa shape index (κ3) is 3.63. The first-order chi connectivity index (χ1) is 14.7. The Bertz CT molecular complexity index is 1050. The molecular weight excluding hydrogens is 378 g/mol. The van der Waals surface area contributed by atoms with Crippen molar-refractivity contribution in [3.63, 3.8) is 0 Å². The van der Waals surface area contributed by atoms with E-state index in [-0.39, 0.29) is 11.9 Å². The Morgan fingerprint density at radius 3 is 3.20 bits per heavy atom. The van der Waals surface area contributed by atoms with Crippen molar-refractivity contribution in [1.29, 1.82) is 0 Å². The van der Waals surface area contributed by atoms with Crippen LogP contribution in [-0.2, 0) is 30.9 Å². The summed E-state index contributed by atoms with van der Waals surface area (Å²) >= 11 is 0. The molecule has 0 saturated carbocycles. The van der Waals surface area contributed by atoms with E-state index in [0.29, 0.717) is 6.61 Å². The molecule has 158 valence electrons. The fourth-order valence-corrected chi connectivity index (χ4v) is 4.84. The topological polar surface area (TPSA) is 75.2 Å². The third-order valence-corrected chi connectivity index (χ3v) is 6.33. The predicted octanol–water partition coefficient (Wildman–Crippen LogP) is 2.85. The number of carbonyl (C=O) groups excluding carboxylic acids is 1. The van der Waals surface area contributed by atoms with Crippen LogP contribution >= 0.6 is 0 Å². The molecule has 1 amide bonds. The smallest absolute Gasteiger partial charge is 0.252 e. The molecule has 2 N–H and O–H groups in total. The molecule has 2 aromatic heterocycles. The SMILES string of the molecule is CCn1nc(CN2CCCC(NC(=O)c3cccc4[nH]ccc34)C2)c2c1CCOC2.